The van der Waals surface area contributed by atoms with Crippen LogP contribution in [0.2, 0.25) is 0 Å². The van der Waals surface area contributed by atoms with Crippen LogP contribution in [0.3, 0.4) is 0 Å². The van der Waals surface area contributed by atoms with Crippen LogP contribution in [0, 0.1) is 0 Å². The van der Waals surface area contributed by atoms with E-state index in [1.54, 1.807) is 6.20 Å². The first-order valence-electron chi connectivity index (χ1n) is 7.29. The summed E-state index contributed by atoms with van der Waals surface area (Å²) in [6.45, 7) is 0. The molecule has 5 nitrogen and oxygen atoms in total. The Hall–Kier alpha value is -2.99. The molecule has 0 fully saturated rings. The van der Waals surface area contributed by atoms with Gasteiger partial charge in [0.05, 0.1) is 10.6 Å². The number of rotatable bonds is 4. The van der Waals surface area contributed by atoms with Crippen LogP contribution >= 0.6 is 11.3 Å². The van der Waals surface area contributed by atoms with Gasteiger partial charge in [-0.2, -0.15) is 0 Å². The number of hydrogen-bond acceptors (Lipinski definition) is 6. The highest BCUT2D eigenvalue weighted by Gasteiger charge is 2.18. The Morgan fingerprint density at radius 1 is 1.17 bits per heavy atom. The predicted molar refractivity (Wildman–Crippen MR) is 89.3 cm³/mol. The zero-order valence-electron chi connectivity index (χ0n) is 12.4. The second-order valence-corrected chi connectivity index (χ2v) is 6.19. The van der Waals surface area contributed by atoms with Gasteiger partial charge in [-0.3, -0.25) is 4.98 Å². The molecule has 118 valence electrons. The van der Waals surface area contributed by atoms with Gasteiger partial charge in [-0.25, -0.2) is 4.98 Å². The molecule has 1 aromatic carbocycles. The van der Waals surface area contributed by atoms with Gasteiger partial charge in [0.2, 0.25) is 5.89 Å². The standard InChI is InChI=1S/C18H12N2O3S/c21-16(22)9-13-17(15-6-3-7-24-15)23-18(20-13)14-8-11-4-1-2-5-12(11)10-19-14/h1-8,10H,9H2,(H,21,22)/p-1. The summed E-state index contributed by atoms with van der Waals surface area (Å²) in [6.07, 6.45) is 1.45. The van der Waals surface area contributed by atoms with Gasteiger partial charge in [-0.15, -0.1) is 11.3 Å². The maximum Gasteiger partial charge on any atom is 0.245 e. The van der Waals surface area contributed by atoms with E-state index in [0.29, 0.717) is 23.0 Å². The highest BCUT2D eigenvalue weighted by molar-refractivity contribution is 7.13. The number of carboxylic acids is 1. The predicted octanol–water partition coefficient (Wildman–Crippen LogP) is 2.91. The molecule has 0 saturated heterocycles. The van der Waals surface area contributed by atoms with E-state index in [1.807, 2.05) is 47.8 Å². The second-order valence-electron chi connectivity index (χ2n) is 5.24. The fraction of sp³-hybridized carbons (Fsp3) is 0.0556. The van der Waals surface area contributed by atoms with E-state index in [4.69, 9.17) is 4.42 Å². The van der Waals surface area contributed by atoms with Crippen molar-refractivity contribution in [3.05, 3.63) is 59.7 Å². The third-order valence-corrected chi connectivity index (χ3v) is 4.47. The number of nitrogens with zero attached hydrogens (tertiary/aromatic N) is 2. The summed E-state index contributed by atoms with van der Waals surface area (Å²) in [5.74, 6) is -0.432. The highest BCUT2D eigenvalue weighted by atomic mass is 32.1. The van der Waals surface area contributed by atoms with Crippen LogP contribution < -0.4 is 5.11 Å². The number of fused-ring (bicyclic) bond motifs is 1. The molecule has 0 bridgehead atoms. The molecular weight excluding hydrogens is 324 g/mol. The Morgan fingerprint density at radius 2 is 2.00 bits per heavy atom. The van der Waals surface area contributed by atoms with Crippen LogP contribution in [0.5, 0.6) is 0 Å². The van der Waals surface area contributed by atoms with Crippen LogP contribution in [0.15, 0.2) is 58.5 Å². The molecule has 3 aromatic heterocycles. The fourth-order valence-electron chi connectivity index (χ4n) is 2.52. The monoisotopic (exact) mass is 335 g/mol. The van der Waals surface area contributed by atoms with Crippen molar-refractivity contribution in [2.45, 2.75) is 6.42 Å². The van der Waals surface area contributed by atoms with Crippen LogP contribution in [0.4, 0.5) is 0 Å². The molecule has 0 unspecified atom stereocenters. The van der Waals surface area contributed by atoms with Crippen molar-refractivity contribution in [3.63, 3.8) is 0 Å². The molecule has 0 aliphatic rings. The number of hydrogen-bond donors (Lipinski definition) is 0. The smallest absolute Gasteiger partial charge is 0.245 e. The fourth-order valence-corrected chi connectivity index (χ4v) is 3.25. The third kappa shape index (κ3) is 2.68. The van der Waals surface area contributed by atoms with Crippen molar-refractivity contribution in [2.75, 3.05) is 0 Å². The zero-order valence-corrected chi connectivity index (χ0v) is 13.2. The van der Waals surface area contributed by atoms with Crippen molar-refractivity contribution in [1.82, 2.24) is 9.97 Å². The van der Waals surface area contributed by atoms with Crippen LogP contribution in [-0.2, 0) is 11.2 Å². The number of carboxylic acid groups (broad SMARTS) is 1. The topological polar surface area (TPSA) is 79.0 Å². The normalized spacial score (nSPS) is 11.0. The summed E-state index contributed by atoms with van der Waals surface area (Å²) in [4.78, 5) is 20.5. The number of oxazole rings is 1. The molecular formula is C18H11N2O3S-. The second kappa shape index (κ2) is 5.90. The van der Waals surface area contributed by atoms with E-state index < -0.39 is 5.97 Å². The molecule has 0 amide bonds. The summed E-state index contributed by atoms with van der Waals surface area (Å²) in [5.41, 5.74) is 0.915. The Kier molecular flexibility index (Phi) is 3.59. The van der Waals surface area contributed by atoms with Crippen LogP contribution in [-0.4, -0.2) is 15.9 Å². The Balaban J connectivity index is 1.83. The van der Waals surface area contributed by atoms with Gasteiger partial charge in [0, 0.05) is 24.0 Å². The van der Waals surface area contributed by atoms with E-state index in [-0.39, 0.29) is 6.42 Å². The molecule has 0 spiro atoms. The zero-order chi connectivity index (χ0) is 16.5. The van der Waals surface area contributed by atoms with E-state index in [2.05, 4.69) is 9.97 Å². The van der Waals surface area contributed by atoms with E-state index in [1.165, 1.54) is 11.3 Å². The van der Waals surface area contributed by atoms with Crippen LogP contribution in [0.25, 0.3) is 33.0 Å². The van der Waals surface area contributed by atoms with Gasteiger partial charge in [0.1, 0.15) is 5.69 Å². The number of aliphatic carboxylic acids is 1. The van der Waals surface area contributed by atoms with Gasteiger partial charge in [0.25, 0.3) is 0 Å². The molecule has 0 aliphatic carbocycles. The average Bonchev–Trinajstić information content (AvgIpc) is 3.23. The molecule has 3 heterocycles. The lowest BCUT2D eigenvalue weighted by molar-refractivity contribution is -0.304. The largest absolute Gasteiger partial charge is 0.550 e. The lowest BCUT2D eigenvalue weighted by atomic mass is 10.1. The third-order valence-electron chi connectivity index (χ3n) is 3.60. The Morgan fingerprint density at radius 3 is 2.75 bits per heavy atom. The van der Waals surface area contributed by atoms with E-state index >= 15 is 0 Å². The first-order chi connectivity index (χ1) is 11.7. The van der Waals surface area contributed by atoms with Crippen molar-refractivity contribution < 1.29 is 14.3 Å². The lowest BCUT2D eigenvalue weighted by Gasteiger charge is -1.99. The number of thiophene rings is 1. The minimum absolute atomic E-state index is 0.301. The van der Waals surface area contributed by atoms with Crippen molar-refractivity contribution in [2.24, 2.45) is 0 Å². The number of aromatic nitrogens is 2. The molecule has 24 heavy (non-hydrogen) atoms. The number of pyridine rings is 1. The van der Waals surface area contributed by atoms with Gasteiger partial charge in [-0.1, -0.05) is 30.3 Å². The maximum atomic E-state index is 11.0. The lowest BCUT2D eigenvalue weighted by Crippen LogP contribution is -2.24. The maximum absolute atomic E-state index is 11.0. The molecule has 6 heteroatoms. The minimum Gasteiger partial charge on any atom is -0.550 e. The van der Waals surface area contributed by atoms with Gasteiger partial charge in [0.15, 0.2) is 5.76 Å². The van der Waals surface area contributed by atoms with Gasteiger partial charge >= 0.3 is 0 Å². The molecule has 0 N–H and O–H groups in total. The first kappa shape index (κ1) is 14.6. The molecule has 4 aromatic rings. The molecule has 0 atom stereocenters. The van der Waals surface area contributed by atoms with Crippen molar-refractivity contribution in [1.29, 1.82) is 0 Å². The number of carbonyl (C=O) groups is 1. The van der Waals surface area contributed by atoms with Gasteiger partial charge in [-0.05, 0) is 22.9 Å². The Labute approximate surface area is 141 Å². The van der Waals surface area contributed by atoms with Gasteiger partial charge < -0.3 is 14.3 Å². The number of benzene rings is 1. The minimum atomic E-state index is -1.20. The summed E-state index contributed by atoms with van der Waals surface area (Å²) in [6, 6.07) is 13.5. The van der Waals surface area contributed by atoms with Crippen molar-refractivity contribution >= 4 is 28.1 Å². The van der Waals surface area contributed by atoms with E-state index in [0.717, 1.165) is 15.6 Å². The Bertz CT molecular complexity index is 1020. The number of carbonyl (C=O) groups excluding carboxylic acids is 1. The average molecular weight is 335 g/mol. The summed E-state index contributed by atoms with van der Waals surface area (Å²) in [5, 5.41) is 14.9. The summed E-state index contributed by atoms with van der Waals surface area (Å²) >= 11 is 1.46. The van der Waals surface area contributed by atoms with E-state index in [9.17, 15) is 9.90 Å². The first-order valence-corrected chi connectivity index (χ1v) is 8.17. The molecule has 0 saturated carbocycles. The summed E-state index contributed by atoms with van der Waals surface area (Å²) < 4.78 is 5.84. The molecule has 0 radical (unpaired) electrons. The molecule has 0 aliphatic heterocycles. The highest BCUT2D eigenvalue weighted by Crippen LogP contribution is 2.33. The quantitative estimate of drug-likeness (QED) is 0.573. The SMILES string of the molecule is O=C([O-])Cc1nc(-c2cc3ccccc3cn2)oc1-c1cccs1. The van der Waals surface area contributed by atoms with Crippen molar-refractivity contribution in [3.8, 4) is 22.2 Å². The molecule has 4 rings (SSSR count). The van der Waals surface area contributed by atoms with Crippen LogP contribution in [0.1, 0.15) is 5.69 Å². The summed E-state index contributed by atoms with van der Waals surface area (Å²) in [7, 11) is 0.